The van der Waals surface area contributed by atoms with E-state index in [1.165, 1.54) is 25.7 Å². The van der Waals surface area contributed by atoms with E-state index < -0.39 is 0 Å². The lowest BCUT2D eigenvalue weighted by Gasteiger charge is -2.32. The molecule has 0 aromatic heterocycles. The lowest BCUT2D eigenvalue weighted by atomic mass is 9.75. The molecule has 0 atom stereocenters. The average molecular weight is 267 g/mol. The molecule has 0 radical (unpaired) electrons. The monoisotopic (exact) mass is 267 g/mol. The summed E-state index contributed by atoms with van der Waals surface area (Å²) in [6.07, 6.45) is 9.50. The first-order valence-electron chi connectivity index (χ1n) is 7.89. The Kier molecular flexibility index (Phi) is 4.34. The zero-order valence-electron chi connectivity index (χ0n) is 13.1. The Labute approximate surface area is 118 Å². The fourth-order valence-corrected chi connectivity index (χ4v) is 3.17. The lowest BCUT2D eigenvalue weighted by Crippen LogP contribution is -2.41. The summed E-state index contributed by atoms with van der Waals surface area (Å²) in [7, 11) is -0.0892. The summed E-state index contributed by atoms with van der Waals surface area (Å²) in [6.45, 7) is 8.43. The van der Waals surface area contributed by atoms with Crippen molar-refractivity contribution in [1.82, 2.24) is 0 Å². The normalized spacial score (nSPS) is 29.2. The number of hydrogen-bond donors (Lipinski definition) is 1. The Hall–Kier alpha value is -0.0551. The molecule has 4 heteroatoms. The van der Waals surface area contributed by atoms with Crippen LogP contribution in [-0.2, 0) is 9.31 Å². The third kappa shape index (κ3) is 3.53. The Balaban J connectivity index is 1.86. The molecule has 0 spiro atoms. The molecule has 110 valence electrons. The minimum Gasteiger partial charge on any atom is -0.403 e. The van der Waals surface area contributed by atoms with Crippen LogP contribution in [0.1, 0.15) is 72.6 Å². The topological polar surface area (TPSA) is 44.5 Å². The second-order valence-corrected chi connectivity index (χ2v) is 7.50. The molecule has 2 fully saturated rings. The van der Waals surface area contributed by atoms with Gasteiger partial charge < -0.3 is 15.0 Å². The molecule has 0 aromatic rings. The summed E-state index contributed by atoms with van der Waals surface area (Å²) in [5, 5.41) is 0. The van der Waals surface area contributed by atoms with Crippen LogP contribution in [0.4, 0.5) is 0 Å². The fraction of sp³-hybridized carbons (Fsp3) is 1.00. The molecular weight excluding hydrogens is 237 g/mol. The van der Waals surface area contributed by atoms with E-state index in [1.54, 1.807) is 0 Å². The Morgan fingerprint density at radius 2 is 1.37 bits per heavy atom. The van der Waals surface area contributed by atoms with Crippen LogP contribution in [0.2, 0.25) is 6.32 Å². The smallest absolute Gasteiger partial charge is 0.403 e. The number of nitrogens with two attached hydrogens (primary N) is 1. The van der Waals surface area contributed by atoms with Crippen molar-refractivity contribution in [3.8, 4) is 0 Å². The predicted octanol–water partition coefficient (Wildman–Crippen LogP) is 3.52. The van der Waals surface area contributed by atoms with Gasteiger partial charge in [-0.2, -0.15) is 0 Å². The first kappa shape index (κ1) is 15.3. The molecule has 2 aliphatic rings. The van der Waals surface area contributed by atoms with Crippen molar-refractivity contribution >= 4 is 7.12 Å². The molecule has 0 aromatic carbocycles. The third-order valence-electron chi connectivity index (χ3n) is 5.28. The van der Waals surface area contributed by atoms with Crippen molar-refractivity contribution in [2.75, 3.05) is 0 Å². The highest BCUT2D eigenvalue weighted by Crippen LogP contribution is 2.39. The lowest BCUT2D eigenvalue weighted by molar-refractivity contribution is 0.00578. The fourth-order valence-electron chi connectivity index (χ4n) is 3.17. The molecule has 0 unspecified atom stereocenters. The quantitative estimate of drug-likeness (QED) is 0.628. The van der Waals surface area contributed by atoms with Crippen LogP contribution in [0.25, 0.3) is 0 Å². The first-order chi connectivity index (χ1) is 8.74. The SMILES string of the molecule is CC1(C)OB(CCC2(N)CCCCCC2)OC1(C)C. The zero-order chi connectivity index (χ0) is 14.1. The second kappa shape index (κ2) is 5.38. The Bertz CT molecular complexity index is 293. The van der Waals surface area contributed by atoms with Crippen molar-refractivity contribution in [3.05, 3.63) is 0 Å². The van der Waals surface area contributed by atoms with Crippen molar-refractivity contribution in [3.63, 3.8) is 0 Å². The largest absolute Gasteiger partial charge is 0.457 e. The minimum absolute atomic E-state index is 0.0140. The molecule has 2 rings (SSSR count). The maximum Gasteiger partial charge on any atom is 0.457 e. The van der Waals surface area contributed by atoms with Crippen LogP contribution in [0.3, 0.4) is 0 Å². The summed E-state index contributed by atoms with van der Waals surface area (Å²) >= 11 is 0. The van der Waals surface area contributed by atoms with Crippen LogP contribution in [0.15, 0.2) is 0 Å². The molecule has 0 amide bonds. The average Bonchev–Trinajstić information content (AvgIpc) is 2.45. The Morgan fingerprint density at radius 1 is 0.895 bits per heavy atom. The molecule has 1 saturated carbocycles. The maximum atomic E-state index is 6.56. The van der Waals surface area contributed by atoms with E-state index in [2.05, 4.69) is 27.7 Å². The van der Waals surface area contributed by atoms with Gasteiger partial charge in [0.1, 0.15) is 0 Å². The van der Waals surface area contributed by atoms with Crippen LogP contribution in [0.5, 0.6) is 0 Å². The van der Waals surface area contributed by atoms with Gasteiger partial charge in [0.15, 0.2) is 0 Å². The van der Waals surface area contributed by atoms with Crippen molar-refractivity contribution in [2.45, 2.75) is 95.7 Å². The summed E-state index contributed by atoms with van der Waals surface area (Å²) in [5.41, 5.74) is 6.14. The summed E-state index contributed by atoms with van der Waals surface area (Å²) < 4.78 is 12.1. The van der Waals surface area contributed by atoms with E-state index in [0.29, 0.717) is 0 Å². The van der Waals surface area contributed by atoms with Crippen LogP contribution >= 0.6 is 0 Å². The van der Waals surface area contributed by atoms with E-state index >= 15 is 0 Å². The first-order valence-corrected chi connectivity index (χ1v) is 7.89. The van der Waals surface area contributed by atoms with Gasteiger partial charge in [0.25, 0.3) is 0 Å². The van der Waals surface area contributed by atoms with Gasteiger partial charge in [-0.15, -0.1) is 0 Å². The summed E-state index contributed by atoms with van der Waals surface area (Å²) in [4.78, 5) is 0. The van der Waals surface area contributed by atoms with E-state index in [4.69, 9.17) is 15.0 Å². The van der Waals surface area contributed by atoms with Gasteiger partial charge in [0, 0.05) is 5.54 Å². The molecule has 2 N–H and O–H groups in total. The summed E-state index contributed by atoms with van der Waals surface area (Å²) in [5.74, 6) is 0. The van der Waals surface area contributed by atoms with Gasteiger partial charge in [-0.1, -0.05) is 25.7 Å². The van der Waals surface area contributed by atoms with Gasteiger partial charge in [-0.3, -0.25) is 0 Å². The van der Waals surface area contributed by atoms with Crippen LogP contribution in [-0.4, -0.2) is 23.9 Å². The second-order valence-electron chi connectivity index (χ2n) is 7.50. The van der Waals surface area contributed by atoms with Gasteiger partial charge in [0.05, 0.1) is 11.2 Å². The van der Waals surface area contributed by atoms with Crippen molar-refractivity contribution < 1.29 is 9.31 Å². The minimum atomic E-state index is -0.219. The molecular formula is C15H30BNO2. The highest BCUT2D eigenvalue weighted by Gasteiger charge is 2.51. The summed E-state index contributed by atoms with van der Waals surface area (Å²) in [6, 6.07) is 0. The molecule has 1 saturated heterocycles. The maximum absolute atomic E-state index is 6.56. The molecule has 1 aliphatic heterocycles. The van der Waals surface area contributed by atoms with E-state index in [1.807, 2.05) is 0 Å². The standard InChI is InChI=1S/C15H30BNO2/c1-13(2)14(3,4)19-16(18-13)12-11-15(17)9-7-5-6-8-10-15/h5-12,17H2,1-4H3. The van der Waals surface area contributed by atoms with E-state index in [0.717, 1.165) is 25.6 Å². The van der Waals surface area contributed by atoms with Crippen molar-refractivity contribution in [1.29, 1.82) is 0 Å². The van der Waals surface area contributed by atoms with Gasteiger partial charge in [-0.25, -0.2) is 0 Å². The molecule has 19 heavy (non-hydrogen) atoms. The van der Waals surface area contributed by atoms with Gasteiger partial charge in [0.2, 0.25) is 0 Å². The van der Waals surface area contributed by atoms with Crippen LogP contribution < -0.4 is 5.73 Å². The highest BCUT2D eigenvalue weighted by atomic mass is 16.7. The molecule has 0 bridgehead atoms. The van der Waals surface area contributed by atoms with E-state index in [9.17, 15) is 0 Å². The van der Waals surface area contributed by atoms with Gasteiger partial charge >= 0.3 is 7.12 Å². The zero-order valence-corrected chi connectivity index (χ0v) is 13.1. The number of hydrogen-bond acceptors (Lipinski definition) is 3. The van der Waals surface area contributed by atoms with E-state index in [-0.39, 0.29) is 23.9 Å². The molecule has 1 heterocycles. The molecule has 3 nitrogen and oxygen atoms in total. The third-order valence-corrected chi connectivity index (χ3v) is 5.28. The van der Waals surface area contributed by atoms with Crippen LogP contribution in [0, 0.1) is 0 Å². The highest BCUT2D eigenvalue weighted by molar-refractivity contribution is 6.45. The molecule has 1 aliphatic carbocycles. The predicted molar refractivity (Wildman–Crippen MR) is 80.1 cm³/mol. The van der Waals surface area contributed by atoms with Crippen molar-refractivity contribution in [2.24, 2.45) is 5.73 Å². The number of rotatable bonds is 3. The Morgan fingerprint density at radius 3 is 1.84 bits per heavy atom. The van der Waals surface area contributed by atoms with Gasteiger partial charge in [-0.05, 0) is 53.3 Å².